The molecule has 0 spiro atoms. The highest BCUT2D eigenvalue weighted by atomic mass is 32.1. The fraction of sp³-hybridized carbons (Fsp3) is 0.385. The van der Waals surface area contributed by atoms with Crippen molar-refractivity contribution in [2.24, 2.45) is 0 Å². The van der Waals surface area contributed by atoms with Crippen LogP contribution in [0.25, 0.3) is 5.57 Å². The molecule has 0 saturated carbocycles. The molecule has 1 aromatic rings. The molecule has 2 N–H and O–H groups in total. The average molecular weight is 235 g/mol. The second-order valence-electron chi connectivity index (χ2n) is 4.10. The molecule has 86 valence electrons. The molecule has 0 aromatic carbocycles. The zero-order chi connectivity index (χ0) is 11.7. The Balaban J connectivity index is 2.47. The van der Waals surface area contributed by atoms with Gasteiger partial charge in [-0.2, -0.15) is 0 Å². The number of rotatable bonds is 2. The summed E-state index contributed by atoms with van der Waals surface area (Å²) in [6.07, 6.45) is 5.88. The first kappa shape index (κ1) is 11.4. The Bertz CT molecular complexity index is 455. The summed E-state index contributed by atoms with van der Waals surface area (Å²) in [5.74, 6) is 0. The van der Waals surface area contributed by atoms with Crippen molar-refractivity contribution in [3.05, 3.63) is 39.2 Å². The van der Waals surface area contributed by atoms with Crippen molar-refractivity contribution in [1.29, 1.82) is 0 Å². The van der Waals surface area contributed by atoms with Crippen LogP contribution in [0, 0.1) is 13.8 Å². The van der Waals surface area contributed by atoms with Gasteiger partial charge in [0.25, 0.3) is 0 Å². The van der Waals surface area contributed by atoms with Gasteiger partial charge in [0.05, 0.1) is 6.10 Å². The molecule has 1 aromatic heterocycles. The highest BCUT2D eigenvalue weighted by molar-refractivity contribution is 7.13. The van der Waals surface area contributed by atoms with Crippen LogP contribution in [0.4, 0.5) is 0 Å². The maximum absolute atomic E-state index is 9.75. The molecule has 16 heavy (non-hydrogen) atoms. The van der Waals surface area contributed by atoms with E-state index < -0.39 is 0 Å². The van der Waals surface area contributed by atoms with E-state index in [1.165, 1.54) is 20.9 Å². The molecule has 1 aliphatic heterocycles. The molecule has 2 rings (SSSR count). The van der Waals surface area contributed by atoms with Gasteiger partial charge in [-0.1, -0.05) is 6.08 Å². The first-order valence-corrected chi connectivity index (χ1v) is 6.31. The molecule has 0 radical (unpaired) electrons. The number of hydrogen-bond acceptors (Lipinski definition) is 3. The summed E-state index contributed by atoms with van der Waals surface area (Å²) in [5.41, 5.74) is 3.57. The lowest BCUT2D eigenvalue weighted by molar-refractivity contribution is 0.198. The Hall–Kier alpha value is -1.06. The summed E-state index contributed by atoms with van der Waals surface area (Å²) < 4.78 is 0. The van der Waals surface area contributed by atoms with Crippen molar-refractivity contribution in [2.75, 3.05) is 6.54 Å². The molecule has 2 heterocycles. The van der Waals surface area contributed by atoms with Gasteiger partial charge in [-0.25, -0.2) is 0 Å². The van der Waals surface area contributed by atoms with Gasteiger partial charge in [-0.15, -0.1) is 11.3 Å². The van der Waals surface area contributed by atoms with Gasteiger partial charge in [0.1, 0.15) is 0 Å². The number of allylic oxidation sites excluding steroid dienone is 2. The summed E-state index contributed by atoms with van der Waals surface area (Å²) in [6, 6.07) is 0. The number of hydrogen-bond donors (Lipinski definition) is 2. The van der Waals surface area contributed by atoms with Crippen LogP contribution >= 0.6 is 11.3 Å². The minimum Gasteiger partial charge on any atom is -0.389 e. The summed E-state index contributed by atoms with van der Waals surface area (Å²) in [6.45, 7) is 6.89. The minimum absolute atomic E-state index is 0.378. The molecule has 0 aliphatic carbocycles. The molecule has 1 atom stereocenters. The van der Waals surface area contributed by atoms with Gasteiger partial charge >= 0.3 is 0 Å². The molecule has 3 heteroatoms. The van der Waals surface area contributed by atoms with E-state index in [2.05, 4.69) is 31.3 Å². The van der Waals surface area contributed by atoms with Crippen molar-refractivity contribution in [3.8, 4) is 0 Å². The highest BCUT2D eigenvalue weighted by Gasteiger charge is 2.17. The standard InChI is InChI=1S/C13H17NOS/c1-8-12(9(2)15)10(3)16-13(8)11-4-6-14-7-5-11/h4-6,9,14-15H,7H2,1-3H3. The Morgan fingerprint density at radius 1 is 1.44 bits per heavy atom. The SMILES string of the molecule is Cc1sc(C2=CCNC=C2)c(C)c1C(C)O. The number of aliphatic hydroxyl groups is 1. The molecule has 0 amide bonds. The van der Waals surface area contributed by atoms with Gasteiger partial charge in [-0.3, -0.25) is 0 Å². The maximum Gasteiger partial charge on any atom is 0.0775 e. The molecule has 0 fully saturated rings. The third-order valence-corrected chi connectivity index (χ3v) is 4.15. The van der Waals surface area contributed by atoms with Crippen molar-refractivity contribution < 1.29 is 5.11 Å². The van der Waals surface area contributed by atoms with Gasteiger partial charge in [0.15, 0.2) is 0 Å². The monoisotopic (exact) mass is 235 g/mol. The minimum atomic E-state index is -0.378. The van der Waals surface area contributed by atoms with E-state index >= 15 is 0 Å². The number of nitrogens with one attached hydrogen (secondary N) is 1. The summed E-state index contributed by atoms with van der Waals surface area (Å²) in [5, 5.41) is 12.9. The van der Waals surface area contributed by atoms with Crippen LogP contribution in [0.1, 0.15) is 33.9 Å². The van der Waals surface area contributed by atoms with Crippen LogP contribution in [-0.4, -0.2) is 11.7 Å². The lowest BCUT2D eigenvalue weighted by Gasteiger charge is -2.09. The third-order valence-electron chi connectivity index (χ3n) is 2.88. The normalized spacial score (nSPS) is 16.9. The second kappa shape index (κ2) is 4.44. The van der Waals surface area contributed by atoms with E-state index in [0.717, 1.165) is 12.1 Å². The van der Waals surface area contributed by atoms with Gasteiger partial charge in [0, 0.05) is 16.3 Å². The maximum atomic E-state index is 9.75. The van der Waals surface area contributed by atoms with Crippen LogP contribution in [0.15, 0.2) is 18.4 Å². The van der Waals surface area contributed by atoms with Gasteiger partial charge in [0.2, 0.25) is 0 Å². The van der Waals surface area contributed by atoms with E-state index in [-0.39, 0.29) is 6.10 Å². The summed E-state index contributed by atoms with van der Waals surface area (Å²) >= 11 is 1.77. The molecule has 1 aliphatic rings. The summed E-state index contributed by atoms with van der Waals surface area (Å²) in [7, 11) is 0. The molecule has 2 nitrogen and oxygen atoms in total. The summed E-state index contributed by atoms with van der Waals surface area (Å²) in [4.78, 5) is 2.50. The zero-order valence-corrected chi connectivity index (χ0v) is 10.7. The van der Waals surface area contributed by atoms with Crippen molar-refractivity contribution in [2.45, 2.75) is 26.9 Å². The van der Waals surface area contributed by atoms with E-state index in [9.17, 15) is 5.11 Å². The van der Waals surface area contributed by atoms with Crippen LogP contribution in [-0.2, 0) is 0 Å². The molecule has 1 unspecified atom stereocenters. The van der Waals surface area contributed by atoms with Crippen LogP contribution in [0.5, 0.6) is 0 Å². The lowest BCUT2D eigenvalue weighted by Crippen LogP contribution is -2.08. The number of thiophene rings is 1. The number of aliphatic hydroxyl groups excluding tert-OH is 1. The first-order valence-electron chi connectivity index (χ1n) is 5.49. The fourth-order valence-electron chi connectivity index (χ4n) is 2.18. The third kappa shape index (κ3) is 1.93. The second-order valence-corrected chi connectivity index (χ2v) is 5.33. The van der Waals surface area contributed by atoms with E-state index in [0.29, 0.717) is 0 Å². The predicted molar refractivity (Wildman–Crippen MR) is 69.5 cm³/mol. The van der Waals surface area contributed by atoms with E-state index in [4.69, 9.17) is 0 Å². The van der Waals surface area contributed by atoms with Crippen molar-refractivity contribution in [1.82, 2.24) is 5.32 Å². The highest BCUT2D eigenvalue weighted by Crippen LogP contribution is 2.36. The van der Waals surface area contributed by atoms with Gasteiger partial charge < -0.3 is 10.4 Å². The molecule has 0 saturated heterocycles. The van der Waals surface area contributed by atoms with Crippen LogP contribution < -0.4 is 5.32 Å². The van der Waals surface area contributed by atoms with Crippen LogP contribution in [0.3, 0.4) is 0 Å². The molecular weight excluding hydrogens is 218 g/mol. The Morgan fingerprint density at radius 3 is 2.69 bits per heavy atom. The average Bonchev–Trinajstić information content (AvgIpc) is 2.55. The molecule has 0 bridgehead atoms. The topological polar surface area (TPSA) is 32.3 Å². The van der Waals surface area contributed by atoms with E-state index in [1.807, 2.05) is 13.1 Å². The Morgan fingerprint density at radius 2 is 2.19 bits per heavy atom. The smallest absolute Gasteiger partial charge is 0.0775 e. The predicted octanol–water partition coefficient (Wildman–Crippen LogP) is 2.92. The van der Waals surface area contributed by atoms with Crippen molar-refractivity contribution in [3.63, 3.8) is 0 Å². The van der Waals surface area contributed by atoms with Crippen molar-refractivity contribution >= 4 is 16.9 Å². The van der Waals surface area contributed by atoms with Gasteiger partial charge in [-0.05, 0) is 49.7 Å². The Kier molecular flexibility index (Phi) is 3.17. The largest absolute Gasteiger partial charge is 0.389 e. The number of dihydropyridines is 1. The van der Waals surface area contributed by atoms with E-state index in [1.54, 1.807) is 11.3 Å². The quantitative estimate of drug-likeness (QED) is 0.826. The lowest BCUT2D eigenvalue weighted by atomic mass is 10.0. The van der Waals surface area contributed by atoms with Crippen LogP contribution in [0.2, 0.25) is 0 Å². The zero-order valence-electron chi connectivity index (χ0n) is 9.87. The Labute approximate surface area is 100 Å². The molecular formula is C13H17NOS. The first-order chi connectivity index (χ1) is 7.61. The fourth-order valence-corrected chi connectivity index (χ4v) is 3.45. The number of aryl methyl sites for hydroxylation is 1.